The van der Waals surface area contributed by atoms with Crippen molar-refractivity contribution in [3.05, 3.63) is 42.2 Å². The summed E-state index contributed by atoms with van der Waals surface area (Å²) in [7, 11) is 0. The van der Waals surface area contributed by atoms with E-state index in [1.807, 2.05) is 0 Å². The van der Waals surface area contributed by atoms with E-state index in [4.69, 9.17) is 5.73 Å². The van der Waals surface area contributed by atoms with Gasteiger partial charge < -0.3 is 11.1 Å². The molecule has 1 amide bonds. The van der Waals surface area contributed by atoms with Gasteiger partial charge in [-0.2, -0.15) is 0 Å². The maximum absolute atomic E-state index is 12.8. The van der Waals surface area contributed by atoms with E-state index in [1.54, 1.807) is 0 Å². The smallest absolute Gasteiger partial charge is 0.247 e. The van der Waals surface area contributed by atoms with Crippen LogP contribution in [0.4, 0.5) is 10.1 Å². The Morgan fingerprint density at radius 2 is 2.36 bits per heavy atom. The fraction of sp³-hybridized carbons (Fsp3) is 0.100. The van der Waals surface area contributed by atoms with Crippen LogP contribution in [0, 0.1) is 5.82 Å². The lowest BCUT2D eigenvalue weighted by Crippen LogP contribution is -2.11. The first-order valence-electron chi connectivity index (χ1n) is 4.09. The number of carbonyl (C=O) groups excluding carboxylic acids is 1. The van der Waals surface area contributed by atoms with E-state index in [0.29, 0.717) is 11.3 Å². The lowest BCUT2D eigenvalue weighted by Gasteiger charge is -2.07. The average molecular weight is 194 g/mol. The fourth-order valence-corrected chi connectivity index (χ4v) is 1.04. The molecule has 0 atom stereocenters. The zero-order chi connectivity index (χ0) is 10.6. The molecule has 0 unspecified atom stereocenters. The van der Waals surface area contributed by atoms with Crippen LogP contribution in [0.25, 0.3) is 0 Å². The molecule has 3 N–H and O–H groups in total. The fourth-order valence-electron chi connectivity index (χ4n) is 1.04. The number of carbonyl (C=O) groups is 1. The number of amides is 1. The van der Waals surface area contributed by atoms with Gasteiger partial charge in [-0.25, -0.2) is 4.39 Å². The third-order valence-electron chi connectivity index (χ3n) is 1.73. The van der Waals surface area contributed by atoms with Crippen molar-refractivity contribution < 1.29 is 9.18 Å². The molecule has 74 valence electrons. The van der Waals surface area contributed by atoms with E-state index in [2.05, 4.69) is 11.9 Å². The van der Waals surface area contributed by atoms with Gasteiger partial charge in [0, 0.05) is 12.2 Å². The van der Waals surface area contributed by atoms with Crippen molar-refractivity contribution in [3.63, 3.8) is 0 Å². The second kappa shape index (κ2) is 4.53. The standard InChI is InChI=1S/C10H11FN2O/c1-2-10(14)13-9-4-3-8(11)5-7(9)6-12/h2-5H,1,6,12H2,(H,13,14). The molecular weight excluding hydrogens is 183 g/mol. The minimum absolute atomic E-state index is 0.171. The summed E-state index contributed by atoms with van der Waals surface area (Å²) < 4.78 is 12.8. The van der Waals surface area contributed by atoms with E-state index in [9.17, 15) is 9.18 Å². The first-order chi connectivity index (χ1) is 6.67. The Kier molecular flexibility index (Phi) is 3.36. The maximum atomic E-state index is 12.8. The minimum Gasteiger partial charge on any atom is -0.326 e. The molecule has 0 radical (unpaired) electrons. The van der Waals surface area contributed by atoms with Crippen LogP contribution in [0.2, 0.25) is 0 Å². The molecule has 0 fully saturated rings. The van der Waals surface area contributed by atoms with E-state index in [-0.39, 0.29) is 18.3 Å². The second-order valence-electron chi connectivity index (χ2n) is 2.70. The van der Waals surface area contributed by atoms with E-state index >= 15 is 0 Å². The van der Waals surface area contributed by atoms with Gasteiger partial charge in [0.05, 0.1) is 0 Å². The summed E-state index contributed by atoms with van der Waals surface area (Å²) in [4.78, 5) is 11.0. The molecule has 0 heterocycles. The minimum atomic E-state index is -0.373. The molecule has 14 heavy (non-hydrogen) atoms. The van der Waals surface area contributed by atoms with Crippen molar-refractivity contribution in [2.45, 2.75) is 6.54 Å². The Labute approximate surface area is 81.4 Å². The molecule has 0 aliphatic carbocycles. The summed E-state index contributed by atoms with van der Waals surface area (Å²) in [6, 6.07) is 4.02. The summed E-state index contributed by atoms with van der Waals surface area (Å²) in [5.74, 6) is -0.714. The van der Waals surface area contributed by atoms with Crippen LogP contribution < -0.4 is 11.1 Å². The average Bonchev–Trinajstić information content (AvgIpc) is 2.20. The Hall–Kier alpha value is -1.68. The normalized spacial score (nSPS) is 9.57. The summed E-state index contributed by atoms with van der Waals surface area (Å²) in [6.45, 7) is 3.48. The highest BCUT2D eigenvalue weighted by atomic mass is 19.1. The van der Waals surface area contributed by atoms with Gasteiger partial charge >= 0.3 is 0 Å². The number of hydrogen-bond acceptors (Lipinski definition) is 2. The predicted molar refractivity (Wildman–Crippen MR) is 53.1 cm³/mol. The molecule has 0 bridgehead atoms. The van der Waals surface area contributed by atoms with Crippen LogP contribution in [0.1, 0.15) is 5.56 Å². The van der Waals surface area contributed by atoms with Crippen molar-refractivity contribution in [3.8, 4) is 0 Å². The van der Waals surface area contributed by atoms with E-state index in [0.717, 1.165) is 6.08 Å². The molecule has 1 rings (SSSR count). The van der Waals surface area contributed by atoms with Gasteiger partial charge in [0.1, 0.15) is 5.82 Å². The predicted octanol–water partition coefficient (Wildman–Crippen LogP) is 1.41. The van der Waals surface area contributed by atoms with Crippen LogP contribution in [0.5, 0.6) is 0 Å². The molecular formula is C10H11FN2O. The summed E-state index contributed by atoms with van der Waals surface area (Å²) in [6.07, 6.45) is 1.14. The van der Waals surface area contributed by atoms with Gasteiger partial charge in [-0.15, -0.1) is 0 Å². The van der Waals surface area contributed by atoms with Crippen molar-refractivity contribution >= 4 is 11.6 Å². The largest absolute Gasteiger partial charge is 0.326 e. The Bertz CT molecular complexity index is 363. The third kappa shape index (κ3) is 2.40. The molecule has 1 aromatic carbocycles. The summed E-state index contributed by atoms with van der Waals surface area (Å²) >= 11 is 0. The topological polar surface area (TPSA) is 55.1 Å². The highest BCUT2D eigenvalue weighted by Crippen LogP contribution is 2.16. The Balaban J connectivity index is 2.96. The zero-order valence-corrected chi connectivity index (χ0v) is 7.59. The van der Waals surface area contributed by atoms with Gasteiger partial charge in [-0.3, -0.25) is 4.79 Å². The monoisotopic (exact) mass is 194 g/mol. The first-order valence-corrected chi connectivity index (χ1v) is 4.09. The van der Waals surface area contributed by atoms with Crippen LogP contribution in [0.3, 0.4) is 0 Å². The Morgan fingerprint density at radius 3 is 2.93 bits per heavy atom. The number of anilines is 1. The van der Waals surface area contributed by atoms with Gasteiger partial charge in [0.2, 0.25) is 5.91 Å². The lowest BCUT2D eigenvalue weighted by molar-refractivity contribution is -0.111. The van der Waals surface area contributed by atoms with Crippen LogP contribution in [-0.4, -0.2) is 5.91 Å². The SMILES string of the molecule is C=CC(=O)Nc1ccc(F)cc1CN. The molecule has 0 spiro atoms. The van der Waals surface area contributed by atoms with Crippen molar-refractivity contribution in [2.75, 3.05) is 5.32 Å². The van der Waals surface area contributed by atoms with E-state index < -0.39 is 0 Å². The number of benzene rings is 1. The van der Waals surface area contributed by atoms with Gasteiger partial charge in [0.15, 0.2) is 0 Å². The van der Waals surface area contributed by atoms with Crippen molar-refractivity contribution in [2.24, 2.45) is 5.73 Å². The molecule has 0 aromatic heterocycles. The van der Waals surface area contributed by atoms with Gasteiger partial charge in [0.25, 0.3) is 0 Å². The van der Waals surface area contributed by atoms with Crippen LogP contribution in [0.15, 0.2) is 30.9 Å². The quantitative estimate of drug-likeness (QED) is 0.715. The second-order valence-corrected chi connectivity index (χ2v) is 2.70. The number of nitrogens with one attached hydrogen (secondary N) is 1. The van der Waals surface area contributed by atoms with Crippen molar-refractivity contribution in [1.82, 2.24) is 0 Å². The highest BCUT2D eigenvalue weighted by molar-refractivity contribution is 5.99. The van der Waals surface area contributed by atoms with Crippen molar-refractivity contribution in [1.29, 1.82) is 0 Å². The molecule has 0 saturated heterocycles. The number of halogens is 1. The van der Waals surface area contributed by atoms with Gasteiger partial charge in [-0.05, 0) is 29.8 Å². The van der Waals surface area contributed by atoms with E-state index in [1.165, 1.54) is 18.2 Å². The zero-order valence-electron chi connectivity index (χ0n) is 7.59. The summed E-state index contributed by atoms with van der Waals surface area (Å²) in [5, 5.41) is 2.53. The number of hydrogen-bond donors (Lipinski definition) is 2. The molecule has 4 heteroatoms. The van der Waals surface area contributed by atoms with Gasteiger partial charge in [-0.1, -0.05) is 6.58 Å². The Morgan fingerprint density at radius 1 is 1.64 bits per heavy atom. The first kappa shape index (κ1) is 10.4. The summed E-state index contributed by atoms with van der Waals surface area (Å²) in [5.41, 5.74) is 6.46. The number of rotatable bonds is 3. The van der Waals surface area contributed by atoms with Crippen LogP contribution >= 0.6 is 0 Å². The molecule has 3 nitrogen and oxygen atoms in total. The molecule has 0 aliphatic rings. The molecule has 1 aromatic rings. The maximum Gasteiger partial charge on any atom is 0.247 e. The number of nitrogens with two attached hydrogens (primary N) is 1. The third-order valence-corrected chi connectivity index (χ3v) is 1.73. The highest BCUT2D eigenvalue weighted by Gasteiger charge is 2.04. The lowest BCUT2D eigenvalue weighted by atomic mass is 10.1. The van der Waals surface area contributed by atoms with Crippen LogP contribution in [-0.2, 0) is 11.3 Å². The molecule has 0 saturated carbocycles. The molecule has 0 aliphatic heterocycles.